The minimum Gasteiger partial charge on any atom is -0.255 e. The second-order valence-corrected chi connectivity index (χ2v) is 6.66. The van der Waals surface area contributed by atoms with Gasteiger partial charge >= 0.3 is 0 Å². The molecule has 0 fully saturated rings. The molecule has 21 heavy (non-hydrogen) atoms. The van der Waals surface area contributed by atoms with Gasteiger partial charge < -0.3 is 0 Å². The van der Waals surface area contributed by atoms with Crippen LogP contribution in [-0.2, 0) is 5.41 Å². The number of pyridine rings is 1. The summed E-state index contributed by atoms with van der Waals surface area (Å²) in [7, 11) is 0. The Balaban J connectivity index is 2.15. The lowest BCUT2D eigenvalue weighted by molar-refractivity contribution is 0.590. The summed E-state index contributed by atoms with van der Waals surface area (Å²) >= 11 is 0. The number of benzene rings is 2. The van der Waals surface area contributed by atoms with E-state index in [4.69, 9.17) is 0 Å². The summed E-state index contributed by atoms with van der Waals surface area (Å²) < 4.78 is 0. The van der Waals surface area contributed by atoms with Crippen LogP contribution in [-0.4, -0.2) is 4.98 Å². The zero-order valence-corrected chi connectivity index (χ0v) is 13.1. The molecule has 1 aromatic heterocycles. The highest BCUT2D eigenvalue weighted by molar-refractivity contribution is 5.96. The fourth-order valence-electron chi connectivity index (χ4n) is 2.69. The second-order valence-electron chi connectivity index (χ2n) is 6.66. The monoisotopic (exact) mass is 275 g/mol. The van der Waals surface area contributed by atoms with Gasteiger partial charge in [0.25, 0.3) is 0 Å². The van der Waals surface area contributed by atoms with Gasteiger partial charge in [-0.1, -0.05) is 69.3 Å². The number of fused-ring (bicyclic) bond motifs is 1. The normalized spacial score (nSPS) is 11.8. The van der Waals surface area contributed by atoms with Crippen LogP contribution in [0.3, 0.4) is 0 Å². The fraction of sp³-hybridized carbons (Fsp3) is 0.250. The van der Waals surface area contributed by atoms with E-state index in [0.717, 1.165) is 5.69 Å². The van der Waals surface area contributed by atoms with Crippen molar-refractivity contribution in [2.75, 3.05) is 0 Å². The lowest BCUT2D eigenvalue weighted by Gasteiger charge is -2.19. The zero-order chi connectivity index (χ0) is 15.0. The molecule has 1 heteroatoms. The molecule has 0 bridgehead atoms. The van der Waals surface area contributed by atoms with E-state index in [1.54, 1.807) is 0 Å². The Morgan fingerprint density at radius 1 is 0.810 bits per heavy atom. The first-order valence-electron chi connectivity index (χ1n) is 7.42. The van der Waals surface area contributed by atoms with Gasteiger partial charge in [0.2, 0.25) is 0 Å². The standard InChI is InChI=1S/C20H21N/c1-14-13-21-19(18-8-6-5-7-17(14)18)15-9-11-16(12-10-15)20(2,3)4/h5-13H,1-4H3. The minimum absolute atomic E-state index is 0.182. The van der Waals surface area contributed by atoms with Gasteiger partial charge in [0.05, 0.1) is 5.69 Å². The summed E-state index contributed by atoms with van der Waals surface area (Å²) in [6.45, 7) is 8.83. The third kappa shape index (κ3) is 2.56. The molecule has 0 saturated heterocycles. The van der Waals surface area contributed by atoms with Crippen LogP contribution in [0.2, 0.25) is 0 Å². The molecule has 0 aliphatic carbocycles. The second kappa shape index (κ2) is 5.00. The number of hydrogen-bond donors (Lipinski definition) is 0. The Labute approximate surface area is 126 Å². The minimum atomic E-state index is 0.182. The molecule has 106 valence electrons. The van der Waals surface area contributed by atoms with E-state index in [1.165, 1.54) is 27.5 Å². The summed E-state index contributed by atoms with van der Waals surface area (Å²) in [5.74, 6) is 0. The van der Waals surface area contributed by atoms with Crippen LogP contribution in [0, 0.1) is 6.92 Å². The molecular formula is C20H21N. The quantitative estimate of drug-likeness (QED) is 0.571. The average molecular weight is 275 g/mol. The highest BCUT2D eigenvalue weighted by Gasteiger charge is 2.14. The van der Waals surface area contributed by atoms with E-state index in [-0.39, 0.29) is 5.41 Å². The van der Waals surface area contributed by atoms with Gasteiger partial charge in [0, 0.05) is 17.1 Å². The predicted molar refractivity (Wildman–Crippen MR) is 90.6 cm³/mol. The van der Waals surface area contributed by atoms with E-state index in [1.807, 2.05) is 6.20 Å². The Bertz CT molecular complexity index is 777. The first-order chi connectivity index (χ1) is 9.97. The largest absolute Gasteiger partial charge is 0.255 e. The molecular weight excluding hydrogens is 254 g/mol. The summed E-state index contributed by atoms with van der Waals surface area (Å²) in [6, 6.07) is 17.3. The van der Waals surface area contributed by atoms with Crippen molar-refractivity contribution in [3.63, 3.8) is 0 Å². The van der Waals surface area contributed by atoms with Crippen molar-refractivity contribution in [2.45, 2.75) is 33.1 Å². The third-order valence-electron chi connectivity index (χ3n) is 4.02. The number of rotatable bonds is 1. The molecule has 0 unspecified atom stereocenters. The van der Waals surface area contributed by atoms with Gasteiger partial charge in [-0.15, -0.1) is 0 Å². The molecule has 3 aromatic rings. The summed E-state index contributed by atoms with van der Waals surface area (Å²) in [4.78, 5) is 4.67. The van der Waals surface area contributed by atoms with Crippen molar-refractivity contribution >= 4 is 10.8 Å². The highest BCUT2D eigenvalue weighted by Crippen LogP contribution is 2.30. The van der Waals surface area contributed by atoms with E-state index in [0.29, 0.717) is 0 Å². The number of aryl methyl sites for hydroxylation is 1. The van der Waals surface area contributed by atoms with Crippen LogP contribution in [0.1, 0.15) is 31.9 Å². The van der Waals surface area contributed by atoms with Crippen molar-refractivity contribution in [1.82, 2.24) is 4.98 Å². The number of nitrogens with zero attached hydrogens (tertiary/aromatic N) is 1. The number of hydrogen-bond acceptors (Lipinski definition) is 1. The van der Waals surface area contributed by atoms with Crippen molar-refractivity contribution in [3.05, 3.63) is 65.9 Å². The van der Waals surface area contributed by atoms with E-state index in [2.05, 4.69) is 81.2 Å². The molecule has 0 saturated carbocycles. The van der Waals surface area contributed by atoms with Crippen molar-refractivity contribution < 1.29 is 0 Å². The lowest BCUT2D eigenvalue weighted by Crippen LogP contribution is -2.10. The van der Waals surface area contributed by atoms with Crippen molar-refractivity contribution in [2.24, 2.45) is 0 Å². The third-order valence-corrected chi connectivity index (χ3v) is 4.02. The molecule has 1 nitrogen and oxygen atoms in total. The van der Waals surface area contributed by atoms with Crippen LogP contribution in [0.25, 0.3) is 22.0 Å². The molecule has 0 amide bonds. The average Bonchev–Trinajstić information content (AvgIpc) is 2.47. The first kappa shape index (κ1) is 13.8. The van der Waals surface area contributed by atoms with Gasteiger partial charge in [-0.3, -0.25) is 4.98 Å². The maximum absolute atomic E-state index is 4.67. The van der Waals surface area contributed by atoms with E-state index >= 15 is 0 Å². The Morgan fingerprint density at radius 3 is 2.05 bits per heavy atom. The maximum Gasteiger partial charge on any atom is 0.0780 e. The SMILES string of the molecule is Cc1cnc(-c2ccc(C(C)(C)C)cc2)c2ccccc12. The molecule has 1 heterocycles. The lowest BCUT2D eigenvalue weighted by atomic mass is 9.86. The summed E-state index contributed by atoms with van der Waals surface area (Å²) in [5.41, 5.74) is 5.00. The van der Waals surface area contributed by atoms with E-state index < -0.39 is 0 Å². The van der Waals surface area contributed by atoms with Crippen LogP contribution in [0.4, 0.5) is 0 Å². The molecule has 0 N–H and O–H groups in total. The first-order valence-corrected chi connectivity index (χ1v) is 7.42. The molecule has 2 aromatic carbocycles. The molecule has 0 radical (unpaired) electrons. The van der Waals surface area contributed by atoms with E-state index in [9.17, 15) is 0 Å². The van der Waals surface area contributed by atoms with Crippen molar-refractivity contribution in [3.8, 4) is 11.3 Å². The summed E-state index contributed by atoms with van der Waals surface area (Å²) in [5, 5.41) is 2.50. The maximum atomic E-state index is 4.67. The smallest absolute Gasteiger partial charge is 0.0780 e. The molecule has 0 aliphatic heterocycles. The Morgan fingerprint density at radius 2 is 1.43 bits per heavy atom. The van der Waals surface area contributed by atoms with Gasteiger partial charge in [-0.05, 0) is 28.9 Å². The number of aromatic nitrogens is 1. The molecule has 3 rings (SSSR count). The Kier molecular flexibility index (Phi) is 3.29. The summed E-state index contributed by atoms with van der Waals surface area (Å²) in [6.07, 6.45) is 1.97. The van der Waals surface area contributed by atoms with Crippen LogP contribution >= 0.6 is 0 Å². The van der Waals surface area contributed by atoms with Gasteiger partial charge in [0.1, 0.15) is 0 Å². The predicted octanol–water partition coefficient (Wildman–Crippen LogP) is 5.51. The van der Waals surface area contributed by atoms with Crippen LogP contribution in [0.15, 0.2) is 54.7 Å². The van der Waals surface area contributed by atoms with Crippen LogP contribution in [0.5, 0.6) is 0 Å². The molecule has 0 atom stereocenters. The van der Waals surface area contributed by atoms with Gasteiger partial charge in [-0.25, -0.2) is 0 Å². The molecule has 0 aliphatic rings. The Hall–Kier alpha value is -2.15. The zero-order valence-electron chi connectivity index (χ0n) is 13.1. The molecule has 0 spiro atoms. The van der Waals surface area contributed by atoms with Crippen molar-refractivity contribution in [1.29, 1.82) is 0 Å². The highest BCUT2D eigenvalue weighted by atomic mass is 14.7. The topological polar surface area (TPSA) is 12.9 Å². The van der Waals surface area contributed by atoms with Crippen LogP contribution < -0.4 is 0 Å². The van der Waals surface area contributed by atoms with Gasteiger partial charge in [-0.2, -0.15) is 0 Å². The fourth-order valence-corrected chi connectivity index (χ4v) is 2.69. The van der Waals surface area contributed by atoms with Gasteiger partial charge in [0.15, 0.2) is 0 Å².